The number of phenolic OH excluding ortho intramolecular Hbond substituents is 1. The number of primary amides is 1. The average Bonchev–Trinajstić information content (AvgIpc) is 2.88. The molecular formula is C31H55N3O3. The highest BCUT2D eigenvalue weighted by Gasteiger charge is 2.09. The van der Waals surface area contributed by atoms with E-state index in [1.165, 1.54) is 89.9 Å². The van der Waals surface area contributed by atoms with Crippen LogP contribution in [0.25, 0.3) is 0 Å². The predicted molar refractivity (Wildman–Crippen MR) is 156 cm³/mol. The minimum absolute atomic E-state index is 0.0365. The first-order valence-electron chi connectivity index (χ1n) is 15.2. The highest BCUT2D eigenvalue weighted by molar-refractivity contribution is 5.90. The molecule has 0 aromatic heterocycles. The van der Waals surface area contributed by atoms with Gasteiger partial charge in [-0.05, 0) is 43.5 Å². The molecule has 37 heavy (non-hydrogen) atoms. The van der Waals surface area contributed by atoms with Crippen LogP contribution in [0.3, 0.4) is 0 Å². The molecule has 0 radical (unpaired) electrons. The van der Waals surface area contributed by atoms with Crippen molar-refractivity contribution in [1.82, 2.24) is 4.90 Å². The number of amides is 3. The van der Waals surface area contributed by atoms with Crippen LogP contribution >= 0.6 is 0 Å². The topological polar surface area (TPSA) is 95.7 Å². The smallest absolute Gasteiger partial charge is 0.314 e. The van der Waals surface area contributed by atoms with E-state index in [-0.39, 0.29) is 17.7 Å². The maximum absolute atomic E-state index is 12.0. The van der Waals surface area contributed by atoms with Crippen LogP contribution in [0.15, 0.2) is 24.3 Å². The fourth-order valence-electron chi connectivity index (χ4n) is 4.72. The molecule has 0 spiro atoms. The Morgan fingerprint density at radius 3 is 1.51 bits per heavy atom. The molecule has 1 aromatic carbocycles. The first kappa shape index (κ1) is 32.8. The quantitative estimate of drug-likeness (QED) is 0.0946. The zero-order valence-electron chi connectivity index (χ0n) is 23.7. The molecule has 0 saturated carbocycles. The van der Waals surface area contributed by atoms with Gasteiger partial charge in [-0.25, -0.2) is 4.79 Å². The lowest BCUT2D eigenvalue weighted by atomic mass is 10.0. The van der Waals surface area contributed by atoms with Crippen LogP contribution in [0.4, 0.5) is 10.5 Å². The first-order valence-corrected chi connectivity index (χ1v) is 15.2. The number of unbranched alkanes of at least 4 members (excludes halogenated alkanes) is 17. The van der Waals surface area contributed by atoms with Crippen LogP contribution in [0.2, 0.25) is 0 Å². The third-order valence-corrected chi connectivity index (χ3v) is 7.08. The minimum Gasteiger partial charge on any atom is -0.508 e. The highest BCUT2D eigenvalue weighted by Crippen LogP contribution is 2.15. The summed E-state index contributed by atoms with van der Waals surface area (Å²) in [5.74, 6) is 0.141. The number of phenols is 1. The standard InChI is InChI=1S/C31H55N3O3/c1-2-3-4-5-6-7-8-9-10-11-12-13-14-15-16-19-26-34(31(32)37)27-20-17-18-21-30(36)33-28-22-24-29(35)25-23-28/h22-25,35H,2-21,26-27H2,1H3,(H2,32,37)(H,33,36). The second kappa shape index (κ2) is 22.9. The molecule has 0 aliphatic heterocycles. The third kappa shape index (κ3) is 19.5. The molecule has 0 unspecified atom stereocenters. The molecule has 0 bridgehead atoms. The van der Waals surface area contributed by atoms with E-state index in [9.17, 15) is 14.7 Å². The number of nitrogens with one attached hydrogen (secondary N) is 1. The molecule has 1 rings (SSSR count). The van der Waals surface area contributed by atoms with E-state index < -0.39 is 0 Å². The Kier molecular flexibility index (Phi) is 20.3. The van der Waals surface area contributed by atoms with Gasteiger partial charge in [0.05, 0.1) is 0 Å². The summed E-state index contributed by atoms with van der Waals surface area (Å²) < 4.78 is 0. The summed E-state index contributed by atoms with van der Waals surface area (Å²) in [5.41, 5.74) is 6.25. The Balaban J connectivity index is 1.92. The number of benzene rings is 1. The fourth-order valence-corrected chi connectivity index (χ4v) is 4.72. The van der Waals surface area contributed by atoms with Crippen LogP contribution in [0.1, 0.15) is 135 Å². The van der Waals surface area contributed by atoms with Crippen molar-refractivity contribution >= 4 is 17.6 Å². The molecule has 0 heterocycles. The van der Waals surface area contributed by atoms with E-state index in [0.29, 0.717) is 18.7 Å². The summed E-state index contributed by atoms with van der Waals surface area (Å²) in [6.45, 7) is 3.67. The predicted octanol–water partition coefficient (Wildman–Crippen LogP) is 8.53. The number of carbonyl (C=O) groups excluding carboxylic acids is 2. The van der Waals surface area contributed by atoms with Crippen molar-refractivity contribution in [3.63, 3.8) is 0 Å². The Bertz CT molecular complexity index is 693. The van der Waals surface area contributed by atoms with Gasteiger partial charge in [-0.15, -0.1) is 0 Å². The van der Waals surface area contributed by atoms with Crippen molar-refractivity contribution in [1.29, 1.82) is 0 Å². The molecule has 4 N–H and O–H groups in total. The van der Waals surface area contributed by atoms with Gasteiger partial charge in [0.15, 0.2) is 0 Å². The molecule has 212 valence electrons. The van der Waals surface area contributed by atoms with E-state index in [1.54, 1.807) is 29.2 Å². The second-order valence-corrected chi connectivity index (χ2v) is 10.5. The average molecular weight is 518 g/mol. The van der Waals surface area contributed by atoms with Gasteiger partial charge in [0, 0.05) is 25.2 Å². The molecule has 0 saturated heterocycles. The number of urea groups is 1. The van der Waals surface area contributed by atoms with Gasteiger partial charge in [0.25, 0.3) is 0 Å². The van der Waals surface area contributed by atoms with Crippen LogP contribution in [0, 0.1) is 0 Å². The monoisotopic (exact) mass is 517 g/mol. The number of carbonyl (C=O) groups is 2. The lowest BCUT2D eigenvalue weighted by Crippen LogP contribution is -2.37. The lowest BCUT2D eigenvalue weighted by molar-refractivity contribution is -0.116. The van der Waals surface area contributed by atoms with Crippen LogP contribution < -0.4 is 11.1 Å². The molecule has 1 aromatic rings. The zero-order chi connectivity index (χ0) is 27.0. The van der Waals surface area contributed by atoms with Gasteiger partial charge in [0.1, 0.15) is 5.75 Å². The van der Waals surface area contributed by atoms with E-state index in [4.69, 9.17) is 5.73 Å². The minimum atomic E-state index is -0.342. The van der Waals surface area contributed by atoms with E-state index in [0.717, 1.165) is 38.6 Å². The summed E-state index contributed by atoms with van der Waals surface area (Å²) in [4.78, 5) is 25.5. The molecule has 0 aliphatic carbocycles. The number of hydrogen-bond acceptors (Lipinski definition) is 3. The molecule has 6 heteroatoms. The maximum atomic E-state index is 12.0. The van der Waals surface area contributed by atoms with Crippen LogP contribution in [0.5, 0.6) is 5.75 Å². The van der Waals surface area contributed by atoms with Crippen molar-refractivity contribution in [2.24, 2.45) is 5.73 Å². The van der Waals surface area contributed by atoms with Crippen molar-refractivity contribution in [3.05, 3.63) is 24.3 Å². The summed E-state index contributed by atoms with van der Waals surface area (Å²) in [7, 11) is 0. The van der Waals surface area contributed by atoms with Crippen molar-refractivity contribution in [2.75, 3.05) is 18.4 Å². The van der Waals surface area contributed by atoms with Crippen molar-refractivity contribution < 1.29 is 14.7 Å². The van der Waals surface area contributed by atoms with E-state index >= 15 is 0 Å². The maximum Gasteiger partial charge on any atom is 0.314 e. The summed E-state index contributed by atoms with van der Waals surface area (Å²) >= 11 is 0. The van der Waals surface area contributed by atoms with Crippen molar-refractivity contribution in [2.45, 2.75) is 135 Å². The summed E-state index contributed by atoms with van der Waals surface area (Å²) in [6, 6.07) is 6.11. The zero-order valence-corrected chi connectivity index (χ0v) is 23.7. The Morgan fingerprint density at radius 1 is 0.676 bits per heavy atom. The number of hydrogen-bond donors (Lipinski definition) is 3. The fraction of sp³-hybridized carbons (Fsp3) is 0.742. The molecular weight excluding hydrogens is 462 g/mol. The highest BCUT2D eigenvalue weighted by atomic mass is 16.3. The summed E-state index contributed by atoms with van der Waals surface area (Å²) in [6.07, 6.45) is 24.4. The van der Waals surface area contributed by atoms with E-state index in [1.807, 2.05) is 0 Å². The molecule has 6 nitrogen and oxygen atoms in total. The molecule has 0 aliphatic rings. The number of nitrogens with zero attached hydrogens (tertiary/aromatic N) is 1. The van der Waals surface area contributed by atoms with Gasteiger partial charge in [-0.1, -0.05) is 110 Å². The molecule has 0 fully saturated rings. The largest absolute Gasteiger partial charge is 0.508 e. The van der Waals surface area contributed by atoms with Gasteiger partial charge in [0.2, 0.25) is 5.91 Å². The van der Waals surface area contributed by atoms with Crippen molar-refractivity contribution in [3.8, 4) is 5.75 Å². The van der Waals surface area contributed by atoms with Gasteiger partial charge < -0.3 is 21.1 Å². The number of rotatable bonds is 24. The Hall–Kier alpha value is -2.24. The Labute approximate surface area is 226 Å². The number of anilines is 1. The van der Waals surface area contributed by atoms with Crippen LogP contribution in [-0.2, 0) is 4.79 Å². The molecule has 0 atom stereocenters. The first-order chi connectivity index (χ1) is 18.0. The summed E-state index contributed by atoms with van der Waals surface area (Å²) in [5, 5.41) is 12.1. The van der Waals surface area contributed by atoms with Crippen LogP contribution in [-0.4, -0.2) is 35.0 Å². The SMILES string of the molecule is CCCCCCCCCCCCCCCCCCN(CCCCCC(=O)Nc1ccc(O)cc1)C(N)=O. The Morgan fingerprint density at radius 2 is 1.08 bits per heavy atom. The second-order valence-electron chi connectivity index (χ2n) is 10.5. The van der Waals surface area contributed by atoms with Gasteiger partial charge in [-0.2, -0.15) is 0 Å². The van der Waals surface area contributed by atoms with E-state index in [2.05, 4.69) is 12.2 Å². The normalized spacial score (nSPS) is 10.9. The third-order valence-electron chi connectivity index (χ3n) is 7.08. The van der Waals surface area contributed by atoms with Gasteiger partial charge in [-0.3, -0.25) is 4.79 Å². The van der Waals surface area contributed by atoms with Gasteiger partial charge >= 0.3 is 6.03 Å². The lowest BCUT2D eigenvalue weighted by Gasteiger charge is -2.20. The number of aromatic hydroxyl groups is 1. The molecule has 3 amide bonds. The number of nitrogens with two attached hydrogens (primary N) is 1.